The standard InChI is InChI=1S/C19H26N2O3/c1-2-24-19(23)21-12-6-9-15(13-21)18(22)20-17-11-5-8-14-7-3-4-10-16(14)17/h3-4,7,10,15,17H,2,5-6,8-9,11-13H2,1H3,(H,20,22). The number of benzene rings is 1. The van der Waals surface area contributed by atoms with Crippen molar-refractivity contribution >= 4 is 12.0 Å². The van der Waals surface area contributed by atoms with Crippen LogP contribution in [0.2, 0.25) is 0 Å². The van der Waals surface area contributed by atoms with Crippen LogP contribution < -0.4 is 5.32 Å². The summed E-state index contributed by atoms with van der Waals surface area (Å²) in [7, 11) is 0. The van der Waals surface area contributed by atoms with Gasteiger partial charge in [-0.15, -0.1) is 0 Å². The molecule has 1 aromatic rings. The Kier molecular flexibility index (Phi) is 5.38. The van der Waals surface area contributed by atoms with Crippen LogP contribution in [0.1, 0.15) is 49.8 Å². The van der Waals surface area contributed by atoms with Gasteiger partial charge < -0.3 is 15.0 Å². The van der Waals surface area contributed by atoms with Crippen LogP contribution in [0.25, 0.3) is 0 Å². The molecule has 3 rings (SSSR count). The third-order valence-electron chi connectivity index (χ3n) is 5.00. The Morgan fingerprint density at radius 1 is 1.25 bits per heavy atom. The molecule has 1 fully saturated rings. The highest BCUT2D eigenvalue weighted by molar-refractivity contribution is 5.80. The molecule has 1 aliphatic heterocycles. The first-order valence-electron chi connectivity index (χ1n) is 8.99. The maximum absolute atomic E-state index is 12.7. The maximum Gasteiger partial charge on any atom is 0.409 e. The lowest BCUT2D eigenvalue weighted by molar-refractivity contribution is -0.127. The Morgan fingerprint density at radius 3 is 2.92 bits per heavy atom. The van der Waals surface area contributed by atoms with Gasteiger partial charge in [0, 0.05) is 13.1 Å². The Morgan fingerprint density at radius 2 is 2.08 bits per heavy atom. The van der Waals surface area contributed by atoms with Crippen LogP contribution in [0.5, 0.6) is 0 Å². The number of piperidine rings is 1. The Labute approximate surface area is 143 Å². The second-order valence-corrected chi connectivity index (χ2v) is 6.64. The van der Waals surface area contributed by atoms with Gasteiger partial charge in [0.1, 0.15) is 0 Å². The van der Waals surface area contributed by atoms with E-state index in [2.05, 4.69) is 23.5 Å². The Bertz CT molecular complexity index is 602. The summed E-state index contributed by atoms with van der Waals surface area (Å²) in [5.74, 6) is -0.0806. The molecule has 1 heterocycles. The summed E-state index contributed by atoms with van der Waals surface area (Å²) in [6.45, 7) is 3.30. The van der Waals surface area contributed by atoms with Crippen molar-refractivity contribution in [2.75, 3.05) is 19.7 Å². The molecular weight excluding hydrogens is 304 g/mol. The Balaban J connectivity index is 1.62. The lowest BCUT2D eigenvalue weighted by atomic mass is 9.87. The average Bonchev–Trinajstić information content (AvgIpc) is 2.62. The van der Waals surface area contributed by atoms with Gasteiger partial charge in [0.2, 0.25) is 5.91 Å². The van der Waals surface area contributed by atoms with Crippen LogP contribution in [-0.4, -0.2) is 36.6 Å². The lowest BCUT2D eigenvalue weighted by Crippen LogP contribution is -2.46. The molecule has 5 heteroatoms. The van der Waals surface area contributed by atoms with E-state index in [9.17, 15) is 9.59 Å². The van der Waals surface area contributed by atoms with Gasteiger partial charge in [-0.1, -0.05) is 24.3 Å². The van der Waals surface area contributed by atoms with E-state index in [0.717, 1.165) is 32.1 Å². The van der Waals surface area contributed by atoms with Crippen molar-refractivity contribution in [2.45, 2.75) is 45.1 Å². The van der Waals surface area contributed by atoms with Crippen LogP contribution in [0.3, 0.4) is 0 Å². The monoisotopic (exact) mass is 330 g/mol. The molecule has 1 aliphatic carbocycles. The highest BCUT2D eigenvalue weighted by Gasteiger charge is 2.31. The molecule has 0 aromatic heterocycles. The maximum atomic E-state index is 12.7. The number of likely N-dealkylation sites (tertiary alicyclic amines) is 1. The third-order valence-corrected chi connectivity index (χ3v) is 5.00. The average molecular weight is 330 g/mol. The van der Waals surface area contributed by atoms with Crippen LogP contribution in [0.4, 0.5) is 4.79 Å². The first-order valence-corrected chi connectivity index (χ1v) is 8.99. The van der Waals surface area contributed by atoms with Crippen molar-refractivity contribution in [2.24, 2.45) is 5.92 Å². The van der Waals surface area contributed by atoms with Crippen LogP contribution in [0, 0.1) is 5.92 Å². The fourth-order valence-corrected chi connectivity index (χ4v) is 3.77. The van der Waals surface area contributed by atoms with Crippen LogP contribution in [-0.2, 0) is 16.0 Å². The molecular formula is C19H26N2O3. The molecule has 24 heavy (non-hydrogen) atoms. The molecule has 2 aliphatic rings. The molecule has 130 valence electrons. The number of aryl methyl sites for hydroxylation is 1. The topological polar surface area (TPSA) is 58.6 Å². The van der Waals surface area contributed by atoms with Gasteiger partial charge in [-0.2, -0.15) is 0 Å². The van der Waals surface area contributed by atoms with Crippen molar-refractivity contribution in [1.82, 2.24) is 10.2 Å². The molecule has 2 amide bonds. The third kappa shape index (κ3) is 3.71. The lowest BCUT2D eigenvalue weighted by Gasteiger charge is -2.33. The van der Waals surface area contributed by atoms with E-state index in [0.29, 0.717) is 19.7 Å². The van der Waals surface area contributed by atoms with E-state index in [1.54, 1.807) is 11.8 Å². The molecule has 0 radical (unpaired) electrons. The summed E-state index contributed by atoms with van der Waals surface area (Å²) in [6.07, 6.45) is 4.54. The van der Waals surface area contributed by atoms with E-state index in [-0.39, 0.29) is 24.0 Å². The SMILES string of the molecule is CCOC(=O)N1CCCC(C(=O)NC2CCCc3ccccc32)C1. The second kappa shape index (κ2) is 7.69. The number of nitrogens with zero attached hydrogens (tertiary/aromatic N) is 1. The number of fused-ring (bicyclic) bond motifs is 1. The summed E-state index contributed by atoms with van der Waals surface area (Å²) in [5.41, 5.74) is 2.58. The molecule has 1 aromatic carbocycles. The number of nitrogens with one attached hydrogen (secondary N) is 1. The van der Waals surface area contributed by atoms with E-state index in [1.165, 1.54) is 11.1 Å². The van der Waals surface area contributed by atoms with Crippen molar-refractivity contribution < 1.29 is 14.3 Å². The van der Waals surface area contributed by atoms with Crippen molar-refractivity contribution in [3.05, 3.63) is 35.4 Å². The van der Waals surface area contributed by atoms with Gasteiger partial charge in [0.05, 0.1) is 18.6 Å². The molecule has 0 bridgehead atoms. The van der Waals surface area contributed by atoms with Crippen molar-refractivity contribution in [3.8, 4) is 0 Å². The number of carbonyl (C=O) groups is 2. The van der Waals surface area contributed by atoms with Gasteiger partial charge in [0.25, 0.3) is 0 Å². The fourth-order valence-electron chi connectivity index (χ4n) is 3.77. The van der Waals surface area contributed by atoms with Crippen LogP contribution >= 0.6 is 0 Å². The number of hydrogen-bond acceptors (Lipinski definition) is 3. The minimum atomic E-state index is -0.307. The van der Waals surface area contributed by atoms with Gasteiger partial charge >= 0.3 is 6.09 Å². The zero-order valence-corrected chi connectivity index (χ0v) is 14.3. The molecule has 1 saturated heterocycles. The summed E-state index contributed by atoms with van der Waals surface area (Å²) in [4.78, 5) is 26.3. The van der Waals surface area contributed by atoms with Gasteiger partial charge in [-0.25, -0.2) is 4.79 Å². The molecule has 1 N–H and O–H groups in total. The predicted octanol–water partition coefficient (Wildman–Crippen LogP) is 3.05. The molecule has 0 saturated carbocycles. The minimum absolute atomic E-state index is 0.0608. The Hall–Kier alpha value is -2.04. The summed E-state index contributed by atoms with van der Waals surface area (Å²) < 4.78 is 5.06. The van der Waals surface area contributed by atoms with E-state index in [4.69, 9.17) is 4.74 Å². The summed E-state index contributed by atoms with van der Waals surface area (Å²) >= 11 is 0. The van der Waals surface area contributed by atoms with Gasteiger partial charge in [-0.05, 0) is 50.2 Å². The van der Waals surface area contributed by atoms with Crippen LogP contribution in [0.15, 0.2) is 24.3 Å². The first kappa shape index (κ1) is 16.8. The number of hydrogen-bond donors (Lipinski definition) is 1. The largest absolute Gasteiger partial charge is 0.450 e. The number of rotatable bonds is 3. The molecule has 0 spiro atoms. The highest BCUT2D eigenvalue weighted by Crippen LogP contribution is 2.30. The smallest absolute Gasteiger partial charge is 0.409 e. The van der Waals surface area contributed by atoms with Gasteiger partial charge in [0.15, 0.2) is 0 Å². The van der Waals surface area contributed by atoms with Crippen molar-refractivity contribution in [3.63, 3.8) is 0 Å². The zero-order chi connectivity index (χ0) is 16.9. The fraction of sp³-hybridized carbons (Fsp3) is 0.579. The normalized spacial score (nSPS) is 23.3. The van der Waals surface area contributed by atoms with Gasteiger partial charge in [-0.3, -0.25) is 4.79 Å². The quantitative estimate of drug-likeness (QED) is 0.927. The molecule has 2 atom stereocenters. The minimum Gasteiger partial charge on any atom is -0.450 e. The first-order chi connectivity index (χ1) is 11.7. The molecule has 5 nitrogen and oxygen atoms in total. The number of carbonyl (C=O) groups excluding carboxylic acids is 2. The zero-order valence-electron chi connectivity index (χ0n) is 14.3. The molecule has 2 unspecified atom stereocenters. The summed E-state index contributed by atoms with van der Waals surface area (Å²) in [6, 6.07) is 8.45. The second-order valence-electron chi connectivity index (χ2n) is 6.64. The summed E-state index contributed by atoms with van der Waals surface area (Å²) in [5, 5.41) is 3.22. The van der Waals surface area contributed by atoms with E-state index < -0.39 is 0 Å². The predicted molar refractivity (Wildman–Crippen MR) is 91.6 cm³/mol. The highest BCUT2D eigenvalue weighted by atomic mass is 16.6. The van der Waals surface area contributed by atoms with E-state index >= 15 is 0 Å². The van der Waals surface area contributed by atoms with Crippen molar-refractivity contribution in [1.29, 1.82) is 0 Å². The van der Waals surface area contributed by atoms with E-state index in [1.807, 2.05) is 6.07 Å². The number of ether oxygens (including phenoxy) is 1. The number of amides is 2.